The highest BCUT2D eigenvalue weighted by atomic mass is 16.5. The molecule has 5 rings (SSSR count). The summed E-state index contributed by atoms with van der Waals surface area (Å²) < 4.78 is 5.32. The molecule has 0 atom stereocenters. The fourth-order valence-corrected chi connectivity index (χ4v) is 5.23. The number of carbonyl (C=O) groups excluding carboxylic acids is 2. The van der Waals surface area contributed by atoms with Crippen LogP contribution < -0.4 is 10.1 Å². The van der Waals surface area contributed by atoms with E-state index < -0.39 is 0 Å². The first kappa shape index (κ1) is 28.7. The van der Waals surface area contributed by atoms with E-state index in [0.717, 1.165) is 57.1 Å². The van der Waals surface area contributed by atoms with Gasteiger partial charge in [-0.2, -0.15) is 0 Å². The molecule has 0 aliphatic carbocycles. The Kier molecular flexibility index (Phi) is 9.39. The summed E-state index contributed by atoms with van der Waals surface area (Å²) in [6.07, 6.45) is 4.45. The molecule has 3 amide bonds. The topological polar surface area (TPSA) is 77.7 Å². The van der Waals surface area contributed by atoms with Crippen LogP contribution in [0.15, 0.2) is 97.2 Å². The van der Waals surface area contributed by atoms with Gasteiger partial charge in [0.2, 0.25) is 5.91 Å². The van der Waals surface area contributed by atoms with E-state index in [9.17, 15) is 9.59 Å². The maximum Gasteiger partial charge on any atom is 0.322 e. The normalized spacial score (nSPS) is 11.0. The highest BCUT2D eigenvalue weighted by molar-refractivity contribution is 6.02. The SMILES string of the molecule is CCCCN(CC(=O)N(CCc1c[nH]c2ccccc12)Cc1ccc(OC)cc1)C(=O)Nc1cccc2ccccc12. The van der Waals surface area contributed by atoms with Crippen LogP contribution in [0.4, 0.5) is 10.5 Å². The fourth-order valence-electron chi connectivity index (χ4n) is 5.23. The third-order valence-corrected chi connectivity index (χ3v) is 7.64. The van der Waals surface area contributed by atoms with E-state index in [1.54, 1.807) is 12.0 Å². The van der Waals surface area contributed by atoms with Crippen LogP contribution in [-0.2, 0) is 17.8 Å². The van der Waals surface area contributed by atoms with Gasteiger partial charge < -0.3 is 24.8 Å². The van der Waals surface area contributed by atoms with Gasteiger partial charge in [-0.15, -0.1) is 0 Å². The Morgan fingerprint density at radius 3 is 2.36 bits per heavy atom. The van der Waals surface area contributed by atoms with Gasteiger partial charge in [-0.1, -0.05) is 80.1 Å². The maximum atomic E-state index is 13.9. The van der Waals surface area contributed by atoms with E-state index >= 15 is 0 Å². The number of unbranched alkanes of at least 4 members (excludes halogenated alkanes) is 1. The summed E-state index contributed by atoms with van der Waals surface area (Å²) in [6.45, 7) is 3.55. The Hall–Kier alpha value is -4.78. The van der Waals surface area contributed by atoms with E-state index in [2.05, 4.69) is 29.4 Å². The molecule has 1 heterocycles. The molecule has 0 aliphatic rings. The number of rotatable bonds is 12. The number of nitrogens with zero attached hydrogens (tertiary/aromatic N) is 2. The Morgan fingerprint density at radius 2 is 1.57 bits per heavy atom. The summed E-state index contributed by atoms with van der Waals surface area (Å²) in [5.74, 6) is 0.682. The molecule has 0 bridgehead atoms. The molecule has 0 spiro atoms. The van der Waals surface area contributed by atoms with Crippen molar-refractivity contribution in [3.63, 3.8) is 0 Å². The Morgan fingerprint density at radius 1 is 0.833 bits per heavy atom. The molecule has 0 fully saturated rings. The number of amides is 3. The number of methoxy groups -OCH3 is 1. The number of anilines is 1. The summed E-state index contributed by atoms with van der Waals surface area (Å²) in [5.41, 5.74) is 3.98. The number of para-hydroxylation sites is 1. The summed E-state index contributed by atoms with van der Waals surface area (Å²) in [6, 6.07) is 29.5. The van der Waals surface area contributed by atoms with Crippen LogP contribution in [-0.4, -0.2) is 53.5 Å². The number of hydrogen-bond donors (Lipinski definition) is 2. The van der Waals surface area contributed by atoms with Crippen LogP contribution in [0.25, 0.3) is 21.7 Å². The first-order chi connectivity index (χ1) is 20.6. The zero-order chi connectivity index (χ0) is 29.3. The van der Waals surface area contributed by atoms with Gasteiger partial charge in [-0.25, -0.2) is 4.79 Å². The summed E-state index contributed by atoms with van der Waals surface area (Å²) in [5, 5.41) is 6.25. The van der Waals surface area contributed by atoms with Crippen molar-refractivity contribution >= 4 is 39.3 Å². The van der Waals surface area contributed by atoms with E-state index in [0.29, 0.717) is 26.1 Å². The molecule has 216 valence electrons. The van der Waals surface area contributed by atoms with Crippen LogP contribution in [0.3, 0.4) is 0 Å². The first-order valence-electron chi connectivity index (χ1n) is 14.5. The zero-order valence-corrected chi connectivity index (χ0v) is 24.3. The molecule has 2 N–H and O–H groups in total. The quantitative estimate of drug-likeness (QED) is 0.168. The second-order valence-electron chi connectivity index (χ2n) is 10.5. The molecule has 0 saturated heterocycles. The fraction of sp³-hybridized carbons (Fsp3) is 0.257. The van der Waals surface area contributed by atoms with Gasteiger partial charge in [0.15, 0.2) is 0 Å². The maximum absolute atomic E-state index is 13.9. The number of carbonyl (C=O) groups is 2. The molecule has 0 radical (unpaired) electrons. The minimum absolute atomic E-state index is 0.000634. The number of hydrogen-bond acceptors (Lipinski definition) is 3. The van der Waals surface area contributed by atoms with Gasteiger partial charge in [0, 0.05) is 42.1 Å². The number of aromatic nitrogens is 1. The molecule has 0 aliphatic heterocycles. The van der Waals surface area contributed by atoms with Crippen molar-refractivity contribution in [2.24, 2.45) is 0 Å². The highest BCUT2D eigenvalue weighted by Gasteiger charge is 2.22. The number of urea groups is 1. The van der Waals surface area contributed by atoms with Crippen molar-refractivity contribution < 1.29 is 14.3 Å². The highest BCUT2D eigenvalue weighted by Crippen LogP contribution is 2.24. The van der Waals surface area contributed by atoms with E-state index in [-0.39, 0.29) is 18.5 Å². The summed E-state index contributed by atoms with van der Waals surface area (Å²) in [4.78, 5) is 34.3. The zero-order valence-electron chi connectivity index (χ0n) is 24.3. The Balaban J connectivity index is 1.35. The lowest BCUT2D eigenvalue weighted by Crippen LogP contribution is -2.45. The molecule has 1 aromatic heterocycles. The molecule has 42 heavy (non-hydrogen) atoms. The first-order valence-corrected chi connectivity index (χ1v) is 14.5. The predicted molar refractivity (Wildman–Crippen MR) is 170 cm³/mol. The smallest absolute Gasteiger partial charge is 0.322 e. The molecular weight excluding hydrogens is 524 g/mol. The number of benzene rings is 4. The van der Waals surface area contributed by atoms with Crippen molar-refractivity contribution in [1.29, 1.82) is 0 Å². The molecular formula is C35H38N4O3. The molecule has 4 aromatic carbocycles. The van der Waals surface area contributed by atoms with Gasteiger partial charge in [0.05, 0.1) is 12.8 Å². The predicted octanol–water partition coefficient (Wildman–Crippen LogP) is 7.24. The Labute approximate surface area is 247 Å². The molecule has 0 saturated carbocycles. The lowest BCUT2D eigenvalue weighted by atomic mass is 10.1. The number of aromatic amines is 1. The number of nitrogens with one attached hydrogen (secondary N) is 2. The Bertz CT molecular complexity index is 1640. The van der Waals surface area contributed by atoms with Crippen molar-refractivity contribution in [3.05, 3.63) is 108 Å². The van der Waals surface area contributed by atoms with Gasteiger partial charge >= 0.3 is 6.03 Å². The minimum Gasteiger partial charge on any atom is -0.497 e. The standard InChI is InChI=1S/C35H38N4O3/c1-3-4-21-39(35(41)37-33-15-9-11-27-10-5-6-12-30(27)33)25-34(40)38(24-26-16-18-29(42-2)19-17-26)22-20-28-23-36-32-14-8-7-13-31(28)32/h5-19,23,36H,3-4,20-22,24-25H2,1-2H3,(H,37,41). The molecule has 7 heteroatoms. The lowest BCUT2D eigenvalue weighted by Gasteiger charge is -2.28. The van der Waals surface area contributed by atoms with Crippen molar-refractivity contribution in [2.45, 2.75) is 32.7 Å². The second kappa shape index (κ2) is 13.7. The van der Waals surface area contributed by atoms with Crippen LogP contribution in [0.5, 0.6) is 5.75 Å². The number of H-pyrrole nitrogens is 1. The molecule has 7 nitrogen and oxygen atoms in total. The van der Waals surface area contributed by atoms with E-state index in [4.69, 9.17) is 4.74 Å². The van der Waals surface area contributed by atoms with E-state index in [1.165, 1.54) is 0 Å². The minimum atomic E-state index is -0.269. The average Bonchev–Trinajstić information content (AvgIpc) is 3.44. The van der Waals surface area contributed by atoms with Crippen LogP contribution in [0.2, 0.25) is 0 Å². The van der Waals surface area contributed by atoms with E-state index in [1.807, 2.05) is 90.0 Å². The monoisotopic (exact) mass is 562 g/mol. The second-order valence-corrected chi connectivity index (χ2v) is 10.5. The van der Waals surface area contributed by atoms with Gasteiger partial charge in [0.25, 0.3) is 0 Å². The molecule has 5 aromatic rings. The number of ether oxygens (including phenoxy) is 1. The van der Waals surface area contributed by atoms with Crippen LogP contribution in [0, 0.1) is 0 Å². The largest absolute Gasteiger partial charge is 0.497 e. The summed E-state index contributed by atoms with van der Waals surface area (Å²) in [7, 11) is 1.64. The van der Waals surface area contributed by atoms with Gasteiger partial charge in [0.1, 0.15) is 12.3 Å². The lowest BCUT2D eigenvalue weighted by molar-refractivity contribution is -0.132. The van der Waals surface area contributed by atoms with Crippen LogP contribution >= 0.6 is 0 Å². The summed E-state index contributed by atoms with van der Waals surface area (Å²) >= 11 is 0. The molecule has 0 unspecified atom stereocenters. The van der Waals surface area contributed by atoms with Gasteiger partial charge in [-0.3, -0.25) is 4.79 Å². The van der Waals surface area contributed by atoms with Crippen LogP contribution in [0.1, 0.15) is 30.9 Å². The van der Waals surface area contributed by atoms with Crippen molar-refractivity contribution in [2.75, 3.05) is 32.1 Å². The van der Waals surface area contributed by atoms with Crippen molar-refractivity contribution in [1.82, 2.24) is 14.8 Å². The van der Waals surface area contributed by atoms with Gasteiger partial charge in [-0.05, 0) is 53.6 Å². The van der Waals surface area contributed by atoms with Crippen molar-refractivity contribution in [3.8, 4) is 5.75 Å². The third-order valence-electron chi connectivity index (χ3n) is 7.64. The third kappa shape index (κ3) is 6.92. The number of fused-ring (bicyclic) bond motifs is 2. The average molecular weight is 563 g/mol.